The van der Waals surface area contributed by atoms with E-state index in [0.29, 0.717) is 22.9 Å². The van der Waals surface area contributed by atoms with Gasteiger partial charge in [-0.3, -0.25) is 4.79 Å². The molecular formula is C26H27N7O. The minimum atomic E-state index is -0.0406. The van der Waals surface area contributed by atoms with Gasteiger partial charge >= 0.3 is 0 Å². The second-order valence-electron chi connectivity index (χ2n) is 9.71. The number of hydrogen-bond acceptors (Lipinski definition) is 6. The molecule has 2 aliphatic carbocycles. The summed E-state index contributed by atoms with van der Waals surface area (Å²) in [5.41, 5.74) is 5.31. The number of fused-ring (bicyclic) bond motifs is 2. The van der Waals surface area contributed by atoms with Crippen molar-refractivity contribution in [3.63, 3.8) is 0 Å². The number of pyridine rings is 1. The number of nitrogens with zero attached hydrogens (tertiary/aromatic N) is 5. The third kappa shape index (κ3) is 3.32. The summed E-state index contributed by atoms with van der Waals surface area (Å²) >= 11 is 0. The van der Waals surface area contributed by atoms with Gasteiger partial charge in [0.05, 0.1) is 6.04 Å². The van der Waals surface area contributed by atoms with Crippen LogP contribution in [0.5, 0.6) is 0 Å². The van der Waals surface area contributed by atoms with Crippen molar-refractivity contribution in [3.8, 4) is 5.82 Å². The monoisotopic (exact) mass is 453 g/mol. The Morgan fingerprint density at radius 3 is 2.76 bits per heavy atom. The zero-order chi connectivity index (χ0) is 22.6. The predicted molar refractivity (Wildman–Crippen MR) is 131 cm³/mol. The van der Waals surface area contributed by atoms with Crippen molar-refractivity contribution >= 4 is 22.7 Å². The van der Waals surface area contributed by atoms with Crippen LogP contribution in [0.3, 0.4) is 0 Å². The van der Waals surface area contributed by atoms with E-state index in [9.17, 15) is 4.79 Å². The van der Waals surface area contributed by atoms with E-state index in [1.54, 1.807) is 6.20 Å². The first kappa shape index (κ1) is 19.9. The van der Waals surface area contributed by atoms with Crippen LogP contribution in [0.15, 0.2) is 47.4 Å². The Bertz CT molecular complexity index is 1460. The van der Waals surface area contributed by atoms with Crippen LogP contribution in [0.4, 0.5) is 11.6 Å². The Morgan fingerprint density at radius 1 is 1.03 bits per heavy atom. The highest BCUT2D eigenvalue weighted by atomic mass is 16.1. The Morgan fingerprint density at radius 2 is 1.94 bits per heavy atom. The van der Waals surface area contributed by atoms with E-state index in [0.717, 1.165) is 49.6 Å². The van der Waals surface area contributed by atoms with Gasteiger partial charge in [0.15, 0.2) is 11.5 Å². The lowest BCUT2D eigenvalue weighted by molar-refractivity contribution is 0.410. The summed E-state index contributed by atoms with van der Waals surface area (Å²) in [5, 5.41) is 7.30. The van der Waals surface area contributed by atoms with Crippen LogP contribution in [0.1, 0.15) is 60.9 Å². The molecule has 0 spiro atoms. The predicted octanol–water partition coefficient (Wildman–Crippen LogP) is 3.97. The molecule has 0 radical (unpaired) electrons. The van der Waals surface area contributed by atoms with Crippen LogP contribution >= 0.6 is 0 Å². The molecule has 0 atom stereocenters. The zero-order valence-electron chi connectivity index (χ0n) is 19.0. The molecule has 1 aromatic carbocycles. The largest absolute Gasteiger partial charge is 0.324 e. The molecule has 4 aromatic rings. The second kappa shape index (κ2) is 7.77. The highest BCUT2D eigenvalue weighted by molar-refractivity contribution is 5.77. The number of nitrogens with one attached hydrogen (secondary N) is 2. The van der Waals surface area contributed by atoms with Crippen molar-refractivity contribution in [2.24, 2.45) is 0 Å². The molecule has 3 aliphatic rings. The normalized spacial score (nSPS) is 18.0. The molecular weight excluding hydrogens is 426 g/mol. The van der Waals surface area contributed by atoms with E-state index < -0.39 is 0 Å². The Hall–Kier alpha value is -3.52. The molecule has 0 unspecified atom stereocenters. The molecule has 172 valence electrons. The topological polar surface area (TPSA) is 89.7 Å². The summed E-state index contributed by atoms with van der Waals surface area (Å²) in [5.74, 6) is 1.77. The third-order valence-electron chi connectivity index (χ3n) is 7.36. The average Bonchev–Trinajstić information content (AvgIpc) is 3.62. The molecule has 3 aromatic heterocycles. The number of benzene rings is 1. The van der Waals surface area contributed by atoms with Crippen molar-refractivity contribution in [2.75, 3.05) is 11.9 Å². The van der Waals surface area contributed by atoms with Crippen molar-refractivity contribution in [3.05, 3.63) is 69.8 Å². The van der Waals surface area contributed by atoms with Gasteiger partial charge in [0, 0.05) is 30.0 Å². The molecule has 8 heteroatoms. The molecule has 0 bridgehead atoms. The van der Waals surface area contributed by atoms with Crippen molar-refractivity contribution in [1.82, 2.24) is 29.6 Å². The van der Waals surface area contributed by atoms with Gasteiger partial charge in [0.25, 0.3) is 5.56 Å². The van der Waals surface area contributed by atoms with Crippen molar-refractivity contribution < 1.29 is 0 Å². The highest BCUT2D eigenvalue weighted by Gasteiger charge is 2.31. The van der Waals surface area contributed by atoms with Gasteiger partial charge in [0.1, 0.15) is 5.39 Å². The van der Waals surface area contributed by atoms with Gasteiger partial charge in [-0.2, -0.15) is 4.98 Å². The van der Waals surface area contributed by atoms with Crippen LogP contribution in [-0.4, -0.2) is 30.9 Å². The summed E-state index contributed by atoms with van der Waals surface area (Å²) in [6.45, 7) is 1.90. The average molecular weight is 454 g/mol. The molecule has 4 heterocycles. The van der Waals surface area contributed by atoms with E-state index in [4.69, 9.17) is 9.97 Å². The van der Waals surface area contributed by atoms with Gasteiger partial charge in [-0.25, -0.2) is 19.3 Å². The fraction of sp³-hybridized carbons (Fsp3) is 0.385. The maximum atomic E-state index is 13.3. The molecule has 34 heavy (non-hydrogen) atoms. The van der Waals surface area contributed by atoms with E-state index >= 15 is 0 Å². The van der Waals surface area contributed by atoms with Gasteiger partial charge in [-0.05, 0) is 74.0 Å². The number of aromatic nitrogens is 5. The van der Waals surface area contributed by atoms with Crippen LogP contribution in [0.25, 0.3) is 16.9 Å². The fourth-order valence-corrected chi connectivity index (χ4v) is 5.10. The lowest BCUT2D eigenvalue weighted by Gasteiger charge is -2.25. The lowest BCUT2D eigenvalue weighted by atomic mass is 9.83. The minimum Gasteiger partial charge on any atom is -0.324 e. The third-order valence-corrected chi connectivity index (χ3v) is 7.36. The molecule has 2 fully saturated rings. The van der Waals surface area contributed by atoms with Crippen LogP contribution < -0.4 is 16.2 Å². The summed E-state index contributed by atoms with van der Waals surface area (Å²) < 4.78 is 3.75. The molecule has 1 aliphatic heterocycles. The summed E-state index contributed by atoms with van der Waals surface area (Å²) in [7, 11) is 0. The van der Waals surface area contributed by atoms with E-state index in [1.807, 2.05) is 21.5 Å². The van der Waals surface area contributed by atoms with Crippen LogP contribution in [0, 0.1) is 0 Å². The van der Waals surface area contributed by atoms with E-state index in [2.05, 4.69) is 39.9 Å². The molecule has 7 rings (SSSR count). The molecule has 0 amide bonds. The van der Waals surface area contributed by atoms with E-state index in [1.165, 1.54) is 30.4 Å². The smallest absolute Gasteiger partial charge is 0.278 e. The zero-order valence-corrected chi connectivity index (χ0v) is 19.0. The first-order chi connectivity index (χ1) is 16.7. The SMILES string of the molecule is O=c1c2cnc(Nc3ccc4c(c3)CCNC4)nc2n(-c2cccc(C3CCC3)n2)n1C1CC1. The molecule has 2 saturated carbocycles. The molecule has 0 saturated heterocycles. The van der Waals surface area contributed by atoms with Gasteiger partial charge in [-0.15, -0.1) is 0 Å². The van der Waals surface area contributed by atoms with Crippen molar-refractivity contribution in [2.45, 2.75) is 57.0 Å². The van der Waals surface area contributed by atoms with Crippen LogP contribution in [-0.2, 0) is 13.0 Å². The van der Waals surface area contributed by atoms with E-state index in [-0.39, 0.29) is 11.6 Å². The van der Waals surface area contributed by atoms with Gasteiger partial charge in [0.2, 0.25) is 5.95 Å². The van der Waals surface area contributed by atoms with Crippen LogP contribution in [0.2, 0.25) is 0 Å². The number of rotatable bonds is 5. The number of anilines is 2. The second-order valence-corrected chi connectivity index (χ2v) is 9.71. The summed E-state index contributed by atoms with van der Waals surface area (Å²) in [4.78, 5) is 27.6. The Labute approximate surface area is 197 Å². The summed E-state index contributed by atoms with van der Waals surface area (Å²) in [6, 6.07) is 12.7. The summed E-state index contributed by atoms with van der Waals surface area (Å²) in [6.07, 6.45) is 8.30. The molecule has 2 N–H and O–H groups in total. The minimum absolute atomic E-state index is 0.0406. The standard InChI is InChI=1S/C26H27N7O/c34-25-21-15-28-26(29-19-8-7-18-14-27-12-11-17(18)13-19)31-24(21)33(32(25)20-9-10-20)23-6-2-5-22(30-23)16-3-1-4-16/h2,5-8,13,15-16,20,27H,1,3-4,9-12,14H2,(H,28,29,31). The first-order valence-corrected chi connectivity index (χ1v) is 12.3. The Balaban J connectivity index is 1.32. The molecule has 8 nitrogen and oxygen atoms in total. The Kier molecular flexibility index (Phi) is 4.55. The lowest BCUT2D eigenvalue weighted by Crippen LogP contribution is -2.23. The number of hydrogen-bond donors (Lipinski definition) is 2. The maximum Gasteiger partial charge on any atom is 0.278 e. The van der Waals surface area contributed by atoms with Crippen molar-refractivity contribution in [1.29, 1.82) is 0 Å². The highest BCUT2D eigenvalue weighted by Crippen LogP contribution is 2.37. The van der Waals surface area contributed by atoms with Gasteiger partial charge in [-0.1, -0.05) is 18.6 Å². The maximum absolute atomic E-state index is 13.3. The quantitative estimate of drug-likeness (QED) is 0.475. The fourth-order valence-electron chi connectivity index (χ4n) is 5.10. The van der Waals surface area contributed by atoms with Gasteiger partial charge < -0.3 is 10.6 Å². The first-order valence-electron chi connectivity index (χ1n) is 12.3.